The van der Waals surface area contributed by atoms with Gasteiger partial charge in [-0.2, -0.15) is 0 Å². The van der Waals surface area contributed by atoms with Crippen molar-refractivity contribution in [3.63, 3.8) is 0 Å². The molecule has 0 aliphatic carbocycles. The fourth-order valence-electron chi connectivity index (χ4n) is 2.98. The van der Waals surface area contributed by atoms with Crippen molar-refractivity contribution in [2.45, 2.75) is 33.6 Å². The van der Waals surface area contributed by atoms with Gasteiger partial charge in [0.25, 0.3) is 5.56 Å². The summed E-state index contributed by atoms with van der Waals surface area (Å²) in [5, 5.41) is 10.9. The van der Waals surface area contributed by atoms with Crippen molar-refractivity contribution in [2.75, 3.05) is 0 Å². The first-order valence-corrected chi connectivity index (χ1v) is 9.00. The predicted molar refractivity (Wildman–Crippen MR) is 106 cm³/mol. The molecular formula is C22H24N2O3. The molecule has 0 radical (unpaired) electrons. The lowest BCUT2D eigenvalue weighted by Crippen LogP contribution is -2.23. The zero-order chi connectivity index (χ0) is 19.6. The molecule has 0 unspecified atom stereocenters. The highest BCUT2D eigenvalue weighted by Gasteiger charge is 2.25. The summed E-state index contributed by atoms with van der Waals surface area (Å²) in [7, 11) is 0. The van der Waals surface area contributed by atoms with Gasteiger partial charge in [0.1, 0.15) is 5.78 Å². The second-order valence-corrected chi connectivity index (χ2v) is 7.58. The van der Waals surface area contributed by atoms with Gasteiger partial charge in [0, 0.05) is 11.8 Å². The number of nitrogens with zero attached hydrogens (tertiary/aromatic N) is 2. The summed E-state index contributed by atoms with van der Waals surface area (Å²) in [6.07, 6.45) is 0.410. The molecule has 0 bridgehead atoms. The van der Waals surface area contributed by atoms with E-state index in [-0.39, 0.29) is 35.6 Å². The Bertz CT molecular complexity index is 994. The van der Waals surface area contributed by atoms with Gasteiger partial charge in [-0.05, 0) is 30.7 Å². The molecule has 5 nitrogen and oxygen atoms in total. The number of hydrogen-bond acceptors (Lipinski definition) is 3. The summed E-state index contributed by atoms with van der Waals surface area (Å²) in [6, 6.07) is 18.4. The van der Waals surface area contributed by atoms with E-state index in [1.807, 2.05) is 81.4 Å². The van der Waals surface area contributed by atoms with Gasteiger partial charge in [0.05, 0.1) is 16.9 Å². The van der Waals surface area contributed by atoms with Crippen LogP contribution in [0, 0.1) is 5.41 Å². The summed E-state index contributed by atoms with van der Waals surface area (Å²) in [5.41, 5.74) is 0.778. The maximum atomic E-state index is 13.1. The molecule has 0 aliphatic heterocycles. The van der Waals surface area contributed by atoms with Crippen molar-refractivity contribution < 1.29 is 9.90 Å². The molecule has 2 aromatic carbocycles. The van der Waals surface area contributed by atoms with E-state index in [1.165, 1.54) is 9.36 Å². The van der Waals surface area contributed by atoms with E-state index >= 15 is 0 Å². The summed E-state index contributed by atoms with van der Waals surface area (Å²) in [4.78, 5) is 25.4. The standard InChI is InChI=1S/C22H24N2O3/c1-22(2,3)19(25)15-14-18-20(26)23(16-10-6-4-7-11-16)24(21(18)27)17-12-8-5-9-13-17/h4-13,26H,14-15H2,1-3H3. The maximum Gasteiger partial charge on any atom is 0.278 e. The van der Waals surface area contributed by atoms with Gasteiger partial charge in [0.15, 0.2) is 0 Å². The SMILES string of the molecule is CC(C)(C)C(=O)CCc1c(O)n(-c2ccccc2)n(-c2ccccc2)c1=O. The number of carbonyl (C=O) groups is 1. The minimum Gasteiger partial charge on any atom is -0.493 e. The summed E-state index contributed by atoms with van der Waals surface area (Å²) >= 11 is 0. The van der Waals surface area contributed by atoms with E-state index in [4.69, 9.17) is 0 Å². The predicted octanol–water partition coefficient (Wildman–Crippen LogP) is 3.88. The first-order valence-electron chi connectivity index (χ1n) is 9.00. The Labute approximate surface area is 158 Å². The van der Waals surface area contributed by atoms with Crippen LogP contribution < -0.4 is 5.56 Å². The number of hydrogen-bond donors (Lipinski definition) is 1. The first kappa shape index (κ1) is 18.7. The molecule has 1 heterocycles. The molecule has 0 atom stereocenters. The van der Waals surface area contributed by atoms with Gasteiger partial charge in [0.2, 0.25) is 5.88 Å². The summed E-state index contributed by atoms with van der Waals surface area (Å²) < 4.78 is 2.94. The molecule has 0 fully saturated rings. The molecule has 0 amide bonds. The number of aromatic nitrogens is 2. The second kappa shape index (κ2) is 7.27. The average molecular weight is 364 g/mol. The van der Waals surface area contributed by atoms with Crippen molar-refractivity contribution in [3.8, 4) is 17.3 Å². The molecule has 0 saturated carbocycles. The van der Waals surface area contributed by atoms with Gasteiger partial charge >= 0.3 is 0 Å². The van der Waals surface area contributed by atoms with Crippen LogP contribution in [0.25, 0.3) is 11.4 Å². The van der Waals surface area contributed by atoms with Crippen molar-refractivity contribution in [2.24, 2.45) is 5.41 Å². The fraction of sp³-hybridized carbons (Fsp3) is 0.273. The van der Waals surface area contributed by atoms with Crippen LogP contribution >= 0.6 is 0 Å². The highest BCUT2D eigenvalue weighted by molar-refractivity contribution is 5.83. The highest BCUT2D eigenvalue weighted by atomic mass is 16.3. The third-order valence-electron chi connectivity index (χ3n) is 4.56. The van der Waals surface area contributed by atoms with Gasteiger partial charge < -0.3 is 5.11 Å². The van der Waals surface area contributed by atoms with Gasteiger partial charge in [-0.3, -0.25) is 9.59 Å². The molecule has 3 aromatic rings. The van der Waals surface area contributed by atoms with Crippen LogP contribution in [-0.4, -0.2) is 20.3 Å². The molecule has 5 heteroatoms. The van der Waals surface area contributed by atoms with Crippen LogP contribution in [0.3, 0.4) is 0 Å². The molecule has 0 spiro atoms. The Morgan fingerprint density at radius 2 is 1.37 bits per heavy atom. The molecule has 1 aromatic heterocycles. The molecule has 1 N–H and O–H groups in total. The summed E-state index contributed by atoms with van der Waals surface area (Å²) in [5.74, 6) is -0.0724. The zero-order valence-electron chi connectivity index (χ0n) is 15.8. The van der Waals surface area contributed by atoms with E-state index in [0.29, 0.717) is 11.4 Å². The number of ketones is 1. The third-order valence-corrected chi connectivity index (χ3v) is 4.56. The van der Waals surface area contributed by atoms with Gasteiger partial charge in [-0.15, -0.1) is 0 Å². The van der Waals surface area contributed by atoms with E-state index in [2.05, 4.69) is 0 Å². The Morgan fingerprint density at radius 1 is 0.889 bits per heavy atom. The average Bonchev–Trinajstić information content (AvgIpc) is 2.90. The lowest BCUT2D eigenvalue weighted by molar-refractivity contribution is -0.126. The van der Waals surface area contributed by atoms with Crippen molar-refractivity contribution in [1.29, 1.82) is 0 Å². The van der Waals surface area contributed by atoms with E-state index in [0.717, 1.165) is 0 Å². The van der Waals surface area contributed by atoms with Crippen molar-refractivity contribution in [3.05, 3.63) is 76.6 Å². The Balaban J connectivity index is 2.13. The molecule has 140 valence electrons. The van der Waals surface area contributed by atoms with Crippen LogP contribution in [0.4, 0.5) is 0 Å². The maximum absolute atomic E-state index is 13.1. The van der Waals surface area contributed by atoms with Crippen LogP contribution in [-0.2, 0) is 11.2 Å². The normalized spacial score (nSPS) is 11.5. The molecule has 3 rings (SSSR count). The van der Waals surface area contributed by atoms with Crippen molar-refractivity contribution >= 4 is 5.78 Å². The van der Waals surface area contributed by atoms with E-state index in [1.54, 1.807) is 0 Å². The molecule has 27 heavy (non-hydrogen) atoms. The smallest absolute Gasteiger partial charge is 0.278 e. The fourth-order valence-corrected chi connectivity index (χ4v) is 2.98. The Morgan fingerprint density at radius 3 is 1.85 bits per heavy atom. The van der Waals surface area contributed by atoms with Gasteiger partial charge in [-0.25, -0.2) is 9.36 Å². The molecule has 0 aliphatic rings. The third kappa shape index (κ3) is 3.72. The topological polar surface area (TPSA) is 64.2 Å². The number of benzene rings is 2. The summed E-state index contributed by atoms with van der Waals surface area (Å²) in [6.45, 7) is 5.56. The highest BCUT2D eigenvalue weighted by Crippen LogP contribution is 2.25. The zero-order valence-corrected chi connectivity index (χ0v) is 15.8. The monoisotopic (exact) mass is 364 g/mol. The van der Waals surface area contributed by atoms with Crippen LogP contribution in [0.5, 0.6) is 5.88 Å². The number of Topliss-reactive ketones (excluding diaryl/α,β-unsaturated/α-hetero) is 1. The second-order valence-electron chi connectivity index (χ2n) is 7.58. The number of rotatable bonds is 5. The molecular weight excluding hydrogens is 340 g/mol. The molecule has 0 saturated heterocycles. The lowest BCUT2D eigenvalue weighted by atomic mass is 9.87. The minimum absolute atomic E-state index is 0.0556. The number of carbonyl (C=O) groups excluding carboxylic acids is 1. The largest absolute Gasteiger partial charge is 0.493 e. The Kier molecular flexibility index (Phi) is 5.04. The van der Waals surface area contributed by atoms with Gasteiger partial charge in [-0.1, -0.05) is 57.2 Å². The minimum atomic E-state index is -0.476. The lowest BCUT2D eigenvalue weighted by Gasteiger charge is -2.15. The van der Waals surface area contributed by atoms with E-state index < -0.39 is 5.41 Å². The Hall–Kier alpha value is -3.08. The quantitative estimate of drug-likeness (QED) is 0.747. The van der Waals surface area contributed by atoms with Crippen LogP contribution in [0.15, 0.2) is 65.5 Å². The van der Waals surface area contributed by atoms with Crippen LogP contribution in [0.2, 0.25) is 0 Å². The first-order chi connectivity index (χ1) is 12.8. The van der Waals surface area contributed by atoms with Crippen LogP contribution in [0.1, 0.15) is 32.8 Å². The number of aromatic hydroxyl groups is 1. The number of para-hydroxylation sites is 2. The van der Waals surface area contributed by atoms with E-state index in [9.17, 15) is 14.7 Å². The van der Waals surface area contributed by atoms with Crippen molar-refractivity contribution in [1.82, 2.24) is 9.36 Å².